The molecule has 2 aliphatic heterocycles. The molecule has 2 amide bonds. The highest BCUT2D eigenvalue weighted by Crippen LogP contribution is 2.63. The number of rotatable bonds is 7. The van der Waals surface area contributed by atoms with Crippen LogP contribution in [0.3, 0.4) is 0 Å². The number of Topliss-reactive ketones (excluding diaryl/α,β-unsaturated/α-hetero) is 2. The molecule has 8 rings (SSSR count). The number of imide groups is 1. The van der Waals surface area contributed by atoms with Crippen molar-refractivity contribution in [2.45, 2.75) is 37.8 Å². The lowest BCUT2D eigenvalue weighted by Gasteiger charge is -2.25. The molecule has 0 spiro atoms. The van der Waals surface area contributed by atoms with Crippen molar-refractivity contribution in [3.05, 3.63) is 149 Å². The second-order valence-electron chi connectivity index (χ2n) is 12.7. The lowest BCUT2D eigenvalue weighted by atomic mass is 9.72. The van der Waals surface area contributed by atoms with E-state index in [1.165, 1.54) is 7.11 Å². The SMILES string of the molecule is CCC12C(=O)c3ccc(OC)cc3C(=O)C1(CC)N2c1ccc(Oc2ccc(N3C(=O)c4ccc(C#Cc5ccccc5)cc4C3=O)cc2)cc1. The van der Waals surface area contributed by atoms with Gasteiger partial charge in [0, 0.05) is 27.9 Å². The van der Waals surface area contributed by atoms with Crippen LogP contribution in [-0.4, -0.2) is 41.6 Å². The number of nitrogens with zero attached hydrogens (tertiary/aromatic N) is 2. The van der Waals surface area contributed by atoms with Crippen LogP contribution in [0.4, 0.5) is 11.4 Å². The largest absolute Gasteiger partial charge is 0.497 e. The van der Waals surface area contributed by atoms with Gasteiger partial charge in [0.15, 0.2) is 11.6 Å². The van der Waals surface area contributed by atoms with E-state index in [4.69, 9.17) is 9.47 Å². The quantitative estimate of drug-likeness (QED) is 0.0987. The summed E-state index contributed by atoms with van der Waals surface area (Å²) in [5, 5.41) is 0. The molecule has 0 radical (unpaired) electrons. The first-order valence-electron chi connectivity index (χ1n) is 16.8. The number of anilines is 2. The standard InChI is InChI=1S/C43H32N2O6/c1-4-42-38(46)34-24-22-33(50-3)26-36(34)39(47)43(42,5-2)45(42)30-16-20-32(21-17-30)51-31-18-14-29(15-19-31)44-40(48)35-23-13-28(25-37(35)41(44)49)12-11-27-9-7-6-8-10-27/h6-10,13-26H,4-5H2,1-3H3. The zero-order valence-corrected chi connectivity index (χ0v) is 28.2. The summed E-state index contributed by atoms with van der Waals surface area (Å²) in [6, 6.07) is 33.7. The fraction of sp³-hybridized carbons (Fsp3) is 0.163. The van der Waals surface area contributed by atoms with E-state index in [-0.39, 0.29) is 11.6 Å². The van der Waals surface area contributed by atoms with Crippen LogP contribution in [0.15, 0.2) is 115 Å². The Morgan fingerprint density at radius 2 is 1.10 bits per heavy atom. The molecule has 8 heteroatoms. The Labute approximate surface area is 295 Å². The first-order chi connectivity index (χ1) is 24.8. The summed E-state index contributed by atoms with van der Waals surface area (Å²) in [4.78, 5) is 57.9. The number of ether oxygens (including phenoxy) is 2. The normalized spacial score (nSPS) is 19.9. The van der Waals surface area contributed by atoms with Gasteiger partial charge in [-0.1, -0.05) is 43.9 Å². The summed E-state index contributed by atoms with van der Waals surface area (Å²) in [6.07, 6.45) is 0.960. The Hall–Kier alpha value is -6.46. The fourth-order valence-corrected chi connectivity index (χ4v) is 7.86. The zero-order chi connectivity index (χ0) is 35.5. The van der Waals surface area contributed by atoms with E-state index in [2.05, 4.69) is 11.8 Å². The van der Waals surface area contributed by atoms with Gasteiger partial charge in [-0.25, -0.2) is 4.90 Å². The third kappa shape index (κ3) is 4.62. The van der Waals surface area contributed by atoms with E-state index in [9.17, 15) is 19.2 Å². The molecule has 0 saturated carbocycles. The zero-order valence-electron chi connectivity index (χ0n) is 28.2. The van der Waals surface area contributed by atoms with Crippen molar-refractivity contribution >= 4 is 34.8 Å². The minimum absolute atomic E-state index is 0.0558. The minimum Gasteiger partial charge on any atom is -0.497 e. The van der Waals surface area contributed by atoms with Gasteiger partial charge in [0.1, 0.15) is 28.3 Å². The molecule has 250 valence electrons. The molecule has 5 aromatic rings. The maximum absolute atomic E-state index is 14.1. The number of fused-ring (bicyclic) bond motifs is 3. The molecule has 1 aliphatic carbocycles. The lowest BCUT2D eigenvalue weighted by molar-refractivity contribution is 0.0834. The van der Waals surface area contributed by atoms with Crippen LogP contribution in [0.1, 0.15) is 79.2 Å². The molecule has 0 N–H and O–H groups in total. The van der Waals surface area contributed by atoms with Crippen molar-refractivity contribution in [2.24, 2.45) is 0 Å². The molecule has 51 heavy (non-hydrogen) atoms. The van der Waals surface area contributed by atoms with Gasteiger partial charge in [0.2, 0.25) is 0 Å². The lowest BCUT2D eigenvalue weighted by Crippen LogP contribution is -2.44. The highest BCUT2D eigenvalue weighted by atomic mass is 16.5. The van der Waals surface area contributed by atoms with E-state index in [0.29, 0.717) is 63.6 Å². The van der Waals surface area contributed by atoms with Crippen molar-refractivity contribution in [1.29, 1.82) is 0 Å². The molecular weight excluding hydrogens is 640 g/mol. The molecule has 2 heterocycles. The Kier molecular flexibility index (Phi) is 7.39. The van der Waals surface area contributed by atoms with Crippen LogP contribution in [-0.2, 0) is 0 Å². The molecule has 0 aromatic heterocycles. The average Bonchev–Trinajstić information content (AvgIpc) is 3.74. The molecule has 3 aliphatic rings. The molecule has 2 atom stereocenters. The van der Waals surface area contributed by atoms with Gasteiger partial charge in [0.05, 0.1) is 23.9 Å². The number of hydrogen-bond donors (Lipinski definition) is 0. The summed E-state index contributed by atoms with van der Waals surface area (Å²) in [5.41, 5.74) is 2.22. The van der Waals surface area contributed by atoms with Crippen LogP contribution >= 0.6 is 0 Å². The molecule has 0 bridgehead atoms. The van der Waals surface area contributed by atoms with Gasteiger partial charge in [-0.2, -0.15) is 0 Å². The van der Waals surface area contributed by atoms with E-state index in [1.807, 2.05) is 61.2 Å². The van der Waals surface area contributed by atoms with Crippen molar-refractivity contribution in [3.63, 3.8) is 0 Å². The number of hydrogen-bond acceptors (Lipinski definition) is 7. The Bertz CT molecular complexity index is 2340. The second-order valence-corrected chi connectivity index (χ2v) is 12.7. The Morgan fingerprint density at radius 3 is 1.73 bits per heavy atom. The maximum Gasteiger partial charge on any atom is 0.266 e. The van der Waals surface area contributed by atoms with E-state index in [1.54, 1.807) is 72.8 Å². The van der Waals surface area contributed by atoms with Crippen LogP contribution in [0.2, 0.25) is 0 Å². The smallest absolute Gasteiger partial charge is 0.266 e. The topological polar surface area (TPSA) is 93.0 Å². The van der Waals surface area contributed by atoms with Crippen LogP contribution in [0.5, 0.6) is 17.2 Å². The third-order valence-corrected chi connectivity index (χ3v) is 10.3. The number of benzene rings is 5. The van der Waals surface area contributed by atoms with E-state index in [0.717, 1.165) is 16.2 Å². The van der Waals surface area contributed by atoms with Crippen LogP contribution in [0, 0.1) is 11.8 Å². The molecule has 1 fully saturated rings. The highest BCUT2D eigenvalue weighted by Gasteiger charge is 2.82. The van der Waals surface area contributed by atoms with Crippen LogP contribution < -0.4 is 19.3 Å². The molecule has 8 nitrogen and oxygen atoms in total. The van der Waals surface area contributed by atoms with Crippen LogP contribution in [0.25, 0.3) is 0 Å². The van der Waals surface area contributed by atoms with Crippen molar-refractivity contribution < 1.29 is 28.7 Å². The van der Waals surface area contributed by atoms with Gasteiger partial charge < -0.3 is 14.4 Å². The van der Waals surface area contributed by atoms with Gasteiger partial charge in [0.25, 0.3) is 11.8 Å². The highest BCUT2D eigenvalue weighted by molar-refractivity contribution is 6.34. The number of carbonyl (C=O) groups excluding carboxylic acids is 4. The van der Waals surface area contributed by atoms with E-state index >= 15 is 0 Å². The first-order valence-corrected chi connectivity index (χ1v) is 16.8. The summed E-state index contributed by atoms with van der Waals surface area (Å²) in [5.74, 6) is 6.81. The second kappa shape index (κ2) is 11.9. The van der Waals surface area contributed by atoms with Gasteiger partial charge in [-0.05, 0) is 110 Å². The summed E-state index contributed by atoms with van der Waals surface area (Å²) < 4.78 is 11.5. The first kappa shape index (κ1) is 31.8. The molecular formula is C43H32N2O6. The Balaban J connectivity index is 0.991. The maximum atomic E-state index is 14.1. The predicted molar refractivity (Wildman–Crippen MR) is 193 cm³/mol. The van der Waals surface area contributed by atoms with Gasteiger partial charge in [-0.15, -0.1) is 0 Å². The monoisotopic (exact) mass is 672 g/mol. The van der Waals surface area contributed by atoms with Crippen molar-refractivity contribution in [1.82, 2.24) is 0 Å². The number of amides is 2. The van der Waals surface area contributed by atoms with Gasteiger partial charge in [-0.3, -0.25) is 19.2 Å². The summed E-state index contributed by atoms with van der Waals surface area (Å²) in [6.45, 7) is 3.90. The summed E-state index contributed by atoms with van der Waals surface area (Å²) in [7, 11) is 1.54. The minimum atomic E-state index is -0.975. The number of carbonyl (C=O) groups is 4. The molecule has 5 aromatic carbocycles. The number of ketones is 2. The summed E-state index contributed by atoms with van der Waals surface area (Å²) >= 11 is 0. The predicted octanol–water partition coefficient (Wildman–Crippen LogP) is 7.88. The Morgan fingerprint density at radius 1 is 0.549 bits per heavy atom. The molecule has 1 saturated heterocycles. The van der Waals surface area contributed by atoms with Gasteiger partial charge >= 0.3 is 0 Å². The van der Waals surface area contributed by atoms with Crippen molar-refractivity contribution in [2.75, 3.05) is 16.9 Å². The fourth-order valence-electron chi connectivity index (χ4n) is 7.86. The molecule has 2 unspecified atom stereocenters. The van der Waals surface area contributed by atoms with Crippen molar-refractivity contribution in [3.8, 4) is 29.1 Å². The van der Waals surface area contributed by atoms with E-state index < -0.39 is 22.9 Å². The average molecular weight is 673 g/mol. The third-order valence-electron chi connectivity index (χ3n) is 10.3. The number of methoxy groups -OCH3 is 1.